The van der Waals surface area contributed by atoms with Gasteiger partial charge < -0.3 is 10.2 Å². The normalized spacial score (nSPS) is 12.6. The minimum absolute atomic E-state index is 0.0618. The number of rotatable bonds is 10. The van der Waals surface area contributed by atoms with Crippen LogP contribution in [0, 0.1) is 18.7 Å². The lowest BCUT2D eigenvalue weighted by molar-refractivity contribution is -0.140. The lowest BCUT2D eigenvalue weighted by Gasteiger charge is -2.30. The van der Waals surface area contributed by atoms with Crippen LogP contribution in [-0.4, -0.2) is 55.6 Å². The van der Waals surface area contributed by atoms with Crippen LogP contribution < -0.4 is 5.32 Å². The van der Waals surface area contributed by atoms with Crippen molar-refractivity contribution in [1.82, 2.24) is 14.5 Å². The van der Waals surface area contributed by atoms with Crippen molar-refractivity contribution in [2.24, 2.45) is 5.92 Å². The molecule has 1 N–H and O–H groups in total. The number of sulfonamides is 1. The third-order valence-corrected chi connectivity index (χ3v) is 7.06. The van der Waals surface area contributed by atoms with Crippen LogP contribution in [0.1, 0.15) is 31.9 Å². The first-order valence-corrected chi connectivity index (χ1v) is 12.2. The highest BCUT2D eigenvalue weighted by molar-refractivity contribution is 7.89. The monoisotopic (exact) mass is 477 g/mol. The summed E-state index contributed by atoms with van der Waals surface area (Å²) < 4.78 is 41.1. The van der Waals surface area contributed by atoms with Crippen molar-refractivity contribution in [3.8, 4) is 0 Å². The van der Waals surface area contributed by atoms with Gasteiger partial charge in [0.2, 0.25) is 21.8 Å². The van der Waals surface area contributed by atoms with Crippen LogP contribution in [0.2, 0.25) is 0 Å². The Morgan fingerprint density at radius 3 is 2.21 bits per heavy atom. The van der Waals surface area contributed by atoms with Crippen LogP contribution >= 0.6 is 0 Å². The molecule has 0 saturated heterocycles. The maximum absolute atomic E-state index is 14.3. The van der Waals surface area contributed by atoms with E-state index in [4.69, 9.17) is 0 Å². The van der Waals surface area contributed by atoms with Crippen molar-refractivity contribution in [2.75, 3.05) is 20.1 Å². The number of aryl methyl sites for hydroxylation is 1. The van der Waals surface area contributed by atoms with Gasteiger partial charge in [-0.3, -0.25) is 9.59 Å². The Hall–Kier alpha value is -2.78. The second-order valence-electron chi connectivity index (χ2n) is 8.50. The number of hydrogen-bond donors (Lipinski definition) is 1. The number of carbonyl (C=O) groups excluding carboxylic acids is 2. The molecule has 2 amide bonds. The Morgan fingerprint density at radius 2 is 1.64 bits per heavy atom. The fourth-order valence-electron chi connectivity index (χ4n) is 3.10. The van der Waals surface area contributed by atoms with Gasteiger partial charge in [-0.15, -0.1) is 0 Å². The number of nitrogens with one attached hydrogen (secondary N) is 1. The molecular weight excluding hydrogens is 445 g/mol. The van der Waals surface area contributed by atoms with Crippen LogP contribution in [0.3, 0.4) is 0 Å². The maximum Gasteiger partial charge on any atom is 0.243 e. The molecule has 9 heteroatoms. The zero-order valence-electron chi connectivity index (χ0n) is 19.7. The largest absolute Gasteiger partial charge is 0.354 e. The average molecular weight is 478 g/mol. The van der Waals surface area contributed by atoms with E-state index in [0.29, 0.717) is 6.54 Å². The molecule has 0 saturated carbocycles. The van der Waals surface area contributed by atoms with E-state index in [-0.39, 0.29) is 22.9 Å². The van der Waals surface area contributed by atoms with Crippen molar-refractivity contribution in [3.63, 3.8) is 0 Å². The van der Waals surface area contributed by atoms with Gasteiger partial charge in [0.15, 0.2) is 0 Å². The minimum atomic E-state index is -3.92. The highest BCUT2D eigenvalue weighted by Crippen LogP contribution is 2.17. The molecule has 2 aromatic rings. The molecule has 0 aliphatic heterocycles. The van der Waals surface area contributed by atoms with Crippen molar-refractivity contribution in [1.29, 1.82) is 0 Å². The summed E-state index contributed by atoms with van der Waals surface area (Å²) >= 11 is 0. The molecule has 0 aliphatic rings. The Labute approximate surface area is 195 Å². The van der Waals surface area contributed by atoms with E-state index in [0.717, 1.165) is 9.87 Å². The van der Waals surface area contributed by atoms with E-state index in [9.17, 15) is 22.4 Å². The SMILES string of the molecule is Cc1ccc(S(=O)(=O)N(C)CC(=O)N(Cc2ccccc2F)C(C)C(=O)NCC(C)C)cc1. The van der Waals surface area contributed by atoms with Crippen molar-refractivity contribution >= 4 is 21.8 Å². The summed E-state index contributed by atoms with van der Waals surface area (Å²) in [4.78, 5) is 27.1. The number of likely N-dealkylation sites (N-methyl/N-ethyl adjacent to an activating group) is 1. The van der Waals surface area contributed by atoms with E-state index in [2.05, 4.69) is 5.32 Å². The Morgan fingerprint density at radius 1 is 1.03 bits per heavy atom. The molecule has 33 heavy (non-hydrogen) atoms. The summed E-state index contributed by atoms with van der Waals surface area (Å²) in [6.07, 6.45) is 0. The van der Waals surface area contributed by atoms with Gasteiger partial charge >= 0.3 is 0 Å². The number of nitrogens with zero attached hydrogens (tertiary/aromatic N) is 2. The van der Waals surface area contributed by atoms with Gasteiger partial charge in [-0.2, -0.15) is 4.31 Å². The molecule has 180 valence electrons. The molecule has 1 unspecified atom stereocenters. The lowest BCUT2D eigenvalue weighted by atomic mass is 10.1. The van der Waals surface area contributed by atoms with Gasteiger partial charge in [0.25, 0.3) is 0 Å². The van der Waals surface area contributed by atoms with Gasteiger partial charge in [0.1, 0.15) is 11.9 Å². The van der Waals surface area contributed by atoms with Crippen molar-refractivity contribution in [3.05, 3.63) is 65.5 Å². The number of benzene rings is 2. The zero-order valence-corrected chi connectivity index (χ0v) is 20.5. The first-order chi connectivity index (χ1) is 15.4. The predicted octanol–water partition coefficient (Wildman–Crippen LogP) is 2.94. The van der Waals surface area contributed by atoms with E-state index < -0.39 is 40.2 Å². The van der Waals surface area contributed by atoms with Gasteiger partial charge in [-0.25, -0.2) is 12.8 Å². The van der Waals surface area contributed by atoms with Crippen LogP contribution in [-0.2, 0) is 26.2 Å². The maximum atomic E-state index is 14.3. The molecule has 0 heterocycles. The van der Waals surface area contributed by atoms with Gasteiger partial charge in [-0.1, -0.05) is 49.7 Å². The van der Waals surface area contributed by atoms with Crippen molar-refractivity contribution < 1.29 is 22.4 Å². The van der Waals surface area contributed by atoms with E-state index in [1.54, 1.807) is 25.1 Å². The molecule has 0 aromatic heterocycles. The second-order valence-corrected chi connectivity index (χ2v) is 10.5. The van der Waals surface area contributed by atoms with Crippen LogP contribution in [0.5, 0.6) is 0 Å². The minimum Gasteiger partial charge on any atom is -0.354 e. The topological polar surface area (TPSA) is 86.8 Å². The molecule has 0 fully saturated rings. The summed E-state index contributed by atoms with van der Waals surface area (Å²) in [7, 11) is -2.62. The summed E-state index contributed by atoms with van der Waals surface area (Å²) in [6.45, 7) is 7.04. The van der Waals surface area contributed by atoms with Crippen molar-refractivity contribution in [2.45, 2.75) is 45.2 Å². The molecule has 2 aromatic carbocycles. The molecule has 0 bridgehead atoms. The molecule has 1 atom stereocenters. The molecule has 0 radical (unpaired) electrons. The quantitative estimate of drug-likeness (QED) is 0.570. The Bertz CT molecular complexity index is 1070. The highest BCUT2D eigenvalue weighted by Gasteiger charge is 2.30. The summed E-state index contributed by atoms with van der Waals surface area (Å²) in [5.41, 5.74) is 1.14. The average Bonchev–Trinajstić information content (AvgIpc) is 2.76. The number of halogens is 1. The number of carbonyl (C=O) groups is 2. The van der Waals surface area contributed by atoms with Gasteiger partial charge in [0.05, 0.1) is 11.4 Å². The fraction of sp³-hybridized carbons (Fsp3) is 0.417. The van der Waals surface area contributed by atoms with Gasteiger partial charge in [-0.05, 0) is 38.0 Å². The van der Waals surface area contributed by atoms with E-state index in [1.165, 1.54) is 42.3 Å². The van der Waals surface area contributed by atoms with Crippen LogP contribution in [0.25, 0.3) is 0 Å². The molecule has 7 nitrogen and oxygen atoms in total. The third kappa shape index (κ3) is 7.10. The predicted molar refractivity (Wildman–Crippen MR) is 125 cm³/mol. The van der Waals surface area contributed by atoms with E-state index >= 15 is 0 Å². The summed E-state index contributed by atoms with van der Waals surface area (Å²) in [6, 6.07) is 11.4. The fourth-order valence-corrected chi connectivity index (χ4v) is 4.22. The van der Waals surface area contributed by atoms with Crippen LogP contribution in [0.4, 0.5) is 4.39 Å². The number of amides is 2. The molecule has 2 rings (SSSR count). The molecular formula is C24H32FN3O4S. The first kappa shape index (κ1) is 26.5. The smallest absolute Gasteiger partial charge is 0.243 e. The second kappa shape index (κ2) is 11.4. The first-order valence-electron chi connectivity index (χ1n) is 10.8. The highest BCUT2D eigenvalue weighted by atomic mass is 32.2. The Kier molecular flexibility index (Phi) is 9.13. The third-order valence-electron chi connectivity index (χ3n) is 5.24. The standard InChI is InChI=1S/C24H32FN3O4S/c1-17(2)14-26-24(30)19(4)28(15-20-8-6-7-9-22(20)25)23(29)16-27(5)33(31,32)21-12-10-18(3)11-13-21/h6-13,17,19H,14-16H2,1-5H3,(H,26,30). The van der Waals surface area contributed by atoms with Crippen LogP contribution in [0.15, 0.2) is 53.4 Å². The zero-order chi connectivity index (χ0) is 24.8. The Balaban J connectivity index is 2.27. The molecule has 0 spiro atoms. The summed E-state index contributed by atoms with van der Waals surface area (Å²) in [5, 5.41) is 2.77. The van der Waals surface area contributed by atoms with E-state index in [1.807, 2.05) is 20.8 Å². The summed E-state index contributed by atoms with van der Waals surface area (Å²) in [5.74, 6) is -1.30. The van der Waals surface area contributed by atoms with Gasteiger partial charge in [0, 0.05) is 25.7 Å². The molecule has 0 aliphatic carbocycles. The lowest BCUT2D eigenvalue weighted by Crippen LogP contribution is -2.51. The number of hydrogen-bond acceptors (Lipinski definition) is 4.